The summed E-state index contributed by atoms with van der Waals surface area (Å²) in [6, 6.07) is 1.44. The average Bonchev–Trinajstić information content (AvgIpc) is 2.53. The molecule has 0 aromatic heterocycles. The van der Waals surface area contributed by atoms with Crippen molar-refractivity contribution in [3.05, 3.63) is 0 Å². The molecule has 1 aliphatic carbocycles. The Bertz CT molecular complexity index is 158. The molecule has 1 N–H and O–H groups in total. The Morgan fingerprint density at radius 2 is 2.00 bits per heavy atom. The number of hydrogen-bond donors (Lipinski definition) is 1. The Balaban J connectivity index is 2.35. The first kappa shape index (κ1) is 12.4. The molecule has 1 rings (SSSR count). The lowest BCUT2D eigenvalue weighted by atomic mass is 10.1. The van der Waals surface area contributed by atoms with Crippen LogP contribution in [0.3, 0.4) is 0 Å². The summed E-state index contributed by atoms with van der Waals surface area (Å²) in [5.41, 5.74) is 0. The molecule has 0 aromatic rings. The van der Waals surface area contributed by atoms with Gasteiger partial charge < -0.3 is 5.32 Å². The molecule has 0 aromatic carbocycles. The highest BCUT2D eigenvalue weighted by molar-refractivity contribution is 7.99. The third-order valence-electron chi connectivity index (χ3n) is 3.31. The lowest BCUT2D eigenvalue weighted by Gasteiger charge is -2.26. The Labute approximate surface area is 93.4 Å². The number of rotatable bonds is 5. The predicted octanol–water partition coefficient (Wildman–Crippen LogP) is 3.29. The van der Waals surface area contributed by atoms with Gasteiger partial charge >= 0.3 is 0 Å². The summed E-state index contributed by atoms with van der Waals surface area (Å²) in [6.45, 7) is 9.19. The first-order chi connectivity index (χ1) is 6.65. The standard InChI is InChI=1S/C12H25NS/c1-5-14-12-8-6-7-11(12)13-10(4)9(2)3/h9-13H,5-8H2,1-4H3. The van der Waals surface area contributed by atoms with Crippen LogP contribution in [-0.4, -0.2) is 23.1 Å². The maximum Gasteiger partial charge on any atom is 0.0201 e. The van der Waals surface area contributed by atoms with Gasteiger partial charge in [0, 0.05) is 17.3 Å². The van der Waals surface area contributed by atoms with Crippen LogP contribution in [0.4, 0.5) is 0 Å². The van der Waals surface area contributed by atoms with Crippen LogP contribution >= 0.6 is 11.8 Å². The minimum absolute atomic E-state index is 0.665. The van der Waals surface area contributed by atoms with Gasteiger partial charge in [0.15, 0.2) is 0 Å². The second-order valence-corrected chi connectivity index (χ2v) is 6.25. The normalized spacial score (nSPS) is 29.8. The van der Waals surface area contributed by atoms with Crippen LogP contribution in [0, 0.1) is 5.92 Å². The Hall–Kier alpha value is 0.310. The molecule has 1 fully saturated rings. The van der Waals surface area contributed by atoms with Crippen LogP contribution < -0.4 is 5.32 Å². The lowest BCUT2D eigenvalue weighted by molar-refractivity contribution is 0.377. The van der Waals surface area contributed by atoms with Crippen LogP contribution in [0.25, 0.3) is 0 Å². The topological polar surface area (TPSA) is 12.0 Å². The largest absolute Gasteiger partial charge is 0.310 e. The maximum atomic E-state index is 3.79. The summed E-state index contributed by atoms with van der Waals surface area (Å²) in [4.78, 5) is 0. The van der Waals surface area contributed by atoms with Crippen molar-refractivity contribution in [2.45, 2.75) is 64.3 Å². The van der Waals surface area contributed by atoms with Gasteiger partial charge in [-0.25, -0.2) is 0 Å². The number of hydrogen-bond acceptors (Lipinski definition) is 2. The molecule has 0 heterocycles. The van der Waals surface area contributed by atoms with Crippen molar-refractivity contribution in [1.82, 2.24) is 5.32 Å². The summed E-state index contributed by atoms with van der Waals surface area (Å²) in [5, 5.41) is 4.67. The quantitative estimate of drug-likeness (QED) is 0.755. The number of thioether (sulfide) groups is 1. The fraction of sp³-hybridized carbons (Fsp3) is 1.00. The van der Waals surface area contributed by atoms with E-state index in [-0.39, 0.29) is 0 Å². The van der Waals surface area contributed by atoms with Crippen molar-refractivity contribution in [3.8, 4) is 0 Å². The van der Waals surface area contributed by atoms with Gasteiger partial charge in [0.05, 0.1) is 0 Å². The summed E-state index contributed by atoms with van der Waals surface area (Å²) in [7, 11) is 0. The zero-order valence-corrected chi connectivity index (χ0v) is 10.9. The first-order valence-electron chi connectivity index (χ1n) is 6.02. The van der Waals surface area contributed by atoms with Crippen molar-refractivity contribution >= 4 is 11.8 Å². The van der Waals surface area contributed by atoms with E-state index in [0.717, 1.165) is 17.2 Å². The van der Waals surface area contributed by atoms with E-state index in [0.29, 0.717) is 6.04 Å². The SMILES string of the molecule is CCSC1CCCC1NC(C)C(C)C. The third kappa shape index (κ3) is 3.47. The van der Waals surface area contributed by atoms with E-state index >= 15 is 0 Å². The van der Waals surface area contributed by atoms with Crippen molar-refractivity contribution in [1.29, 1.82) is 0 Å². The van der Waals surface area contributed by atoms with E-state index in [4.69, 9.17) is 0 Å². The molecule has 0 spiro atoms. The van der Waals surface area contributed by atoms with Gasteiger partial charge in [-0.3, -0.25) is 0 Å². The first-order valence-corrected chi connectivity index (χ1v) is 7.07. The van der Waals surface area contributed by atoms with E-state index in [1.165, 1.54) is 25.0 Å². The van der Waals surface area contributed by atoms with Gasteiger partial charge in [-0.15, -0.1) is 0 Å². The zero-order chi connectivity index (χ0) is 10.6. The van der Waals surface area contributed by atoms with Crippen LogP contribution in [-0.2, 0) is 0 Å². The van der Waals surface area contributed by atoms with Crippen molar-refractivity contribution in [2.75, 3.05) is 5.75 Å². The Kier molecular flexibility index (Phi) is 5.32. The smallest absolute Gasteiger partial charge is 0.0201 e. The van der Waals surface area contributed by atoms with E-state index < -0.39 is 0 Å². The van der Waals surface area contributed by atoms with Crippen molar-refractivity contribution in [3.63, 3.8) is 0 Å². The van der Waals surface area contributed by atoms with Crippen molar-refractivity contribution in [2.24, 2.45) is 5.92 Å². The summed E-state index contributed by atoms with van der Waals surface area (Å²) in [6.07, 6.45) is 4.22. The van der Waals surface area contributed by atoms with Gasteiger partial charge in [-0.05, 0) is 31.4 Å². The van der Waals surface area contributed by atoms with Crippen LogP contribution in [0.1, 0.15) is 47.0 Å². The van der Waals surface area contributed by atoms with Crippen molar-refractivity contribution < 1.29 is 0 Å². The Morgan fingerprint density at radius 1 is 1.29 bits per heavy atom. The monoisotopic (exact) mass is 215 g/mol. The second-order valence-electron chi connectivity index (χ2n) is 4.73. The molecular weight excluding hydrogens is 190 g/mol. The summed E-state index contributed by atoms with van der Waals surface area (Å²) >= 11 is 2.14. The molecule has 0 bridgehead atoms. The van der Waals surface area contributed by atoms with Crippen LogP contribution in [0.15, 0.2) is 0 Å². The lowest BCUT2D eigenvalue weighted by Crippen LogP contribution is -2.42. The predicted molar refractivity (Wildman–Crippen MR) is 67.0 cm³/mol. The molecule has 1 saturated carbocycles. The van der Waals surface area contributed by atoms with Crippen LogP contribution in [0.2, 0.25) is 0 Å². The highest BCUT2D eigenvalue weighted by Crippen LogP contribution is 2.30. The van der Waals surface area contributed by atoms with Gasteiger partial charge in [-0.1, -0.05) is 27.2 Å². The number of nitrogens with one attached hydrogen (secondary N) is 1. The highest BCUT2D eigenvalue weighted by Gasteiger charge is 2.28. The van der Waals surface area contributed by atoms with E-state index in [2.05, 4.69) is 44.8 Å². The molecule has 84 valence electrons. The molecule has 14 heavy (non-hydrogen) atoms. The molecule has 0 saturated heterocycles. The summed E-state index contributed by atoms with van der Waals surface area (Å²) < 4.78 is 0. The van der Waals surface area contributed by atoms with Gasteiger partial charge in [0.1, 0.15) is 0 Å². The minimum atomic E-state index is 0.665. The molecular formula is C12H25NS. The molecule has 1 aliphatic rings. The molecule has 0 radical (unpaired) electrons. The highest BCUT2D eigenvalue weighted by atomic mass is 32.2. The molecule has 0 amide bonds. The molecule has 0 aliphatic heterocycles. The van der Waals surface area contributed by atoms with Gasteiger partial charge in [0.25, 0.3) is 0 Å². The third-order valence-corrected chi connectivity index (χ3v) is 4.64. The average molecular weight is 215 g/mol. The fourth-order valence-electron chi connectivity index (χ4n) is 2.06. The van der Waals surface area contributed by atoms with E-state index in [1.54, 1.807) is 0 Å². The van der Waals surface area contributed by atoms with Gasteiger partial charge in [0.2, 0.25) is 0 Å². The summed E-state index contributed by atoms with van der Waals surface area (Å²) in [5.74, 6) is 2.02. The fourth-order valence-corrected chi connectivity index (χ4v) is 3.27. The van der Waals surface area contributed by atoms with Gasteiger partial charge in [-0.2, -0.15) is 11.8 Å². The van der Waals surface area contributed by atoms with Crippen LogP contribution in [0.5, 0.6) is 0 Å². The molecule has 2 heteroatoms. The maximum absolute atomic E-state index is 3.79. The zero-order valence-electron chi connectivity index (χ0n) is 10.0. The minimum Gasteiger partial charge on any atom is -0.310 e. The molecule has 1 nitrogen and oxygen atoms in total. The second kappa shape index (κ2) is 6.02. The van der Waals surface area contributed by atoms with E-state index in [1.807, 2.05) is 0 Å². The Morgan fingerprint density at radius 3 is 2.57 bits per heavy atom. The molecule has 3 unspecified atom stereocenters. The molecule has 3 atom stereocenters. The van der Waals surface area contributed by atoms with E-state index in [9.17, 15) is 0 Å².